The summed E-state index contributed by atoms with van der Waals surface area (Å²) in [6.07, 6.45) is 4.52. The predicted molar refractivity (Wildman–Crippen MR) is 74.5 cm³/mol. The number of ether oxygens (including phenoxy) is 1. The molecule has 2 rings (SSSR count). The zero-order valence-corrected chi connectivity index (χ0v) is 11.6. The van der Waals surface area contributed by atoms with E-state index < -0.39 is 5.82 Å². The second-order valence-electron chi connectivity index (χ2n) is 4.52. The maximum Gasteiger partial charge on any atom is 0.165 e. The number of methoxy groups -OCH3 is 1. The van der Waals surface area contributed by atoms with Crippen LogP contribution in [0.2, 0.25) is 0 Å². The number of hydrogen-bond acceptors (Lipinski definition) is 3. The quantitative estimate of drug-likeness (QED) is 0.760. The number of aromatic nitrogens is 2. The molecule has 4 nitrogen and oxygen atoms in total. The van der Waals surface area contributed by atoms with Gasteiger partial charge in [0.15, 0.2) is 17.9 Å². The number of aryl methyl sites for hydroxylation is 1. The number of hydrogen-bond donors (Lipinski definition) is 0. The first kappa shape index (κ1) is 14.2. The molecule has 0 atom stereocenters. The summed E-state index contributed by atoms with van der Waals surface area (Å²) in [7, 11) is 1.41. The van der Waals surface area contributed by atoms with E-state index in [0.717, 1.165) is 25.7 Å². The van der Waals surface area contributed by atoms with Crippen LogP contribution >= 0.6 is 0 Å². The van der Waals surface area contributed by atoms with E-state index in [-0.39, 0.29) is 5.75 Å². The second-order valence-corrected chi connectivity index (χ2v) is 4.52. The van der Waals surface area contributed by atoms with Gasteiger partial charge in [-0.25, -0.2) is 4.39 Å². The van der Waals surface area contributed by atoms with Gasteiger partial charge in [-0.1, -0.05) is 13.3 Å². The summed E-state index contributed by atoms with van der Waals surface area (Å²) in [4.78, 5) is 11.2. The van der Waals surface area contributed by atoms with Crippen LogP contribution in [0.25, 0.3) is 11.3 Å². The molecule has 0 fully saturated rings. The van der Waals surface area contributed by atoms with Gasteiger partial charge in [-0.05, 0) is 24.6 Å². The molecular weight excluding hydrogens is 259 g/mol. The molecule has 1 aromatic carbocycles. The van der Waals surface area contributed by atoms with Crippen molar-refractivity contribution in [2.45, 2.75) is 26.3 Å². The summed E-state index contributed by atoms with van der Waals surface area (Å²) < 4.78 is 20.1. The minimum Gasteiger partial charge on any atom is -0.494 e. The molecule has 0 N–H and O–H groups in total. The van der Waals surface area contributed by atoms with E-state index in [1.54, 1.807) is 23.0 Å². The Balaban J connectivity index is 2.40. The Bertz CT molecular complexity index is 608. The van der Waals surface area contributed by atoms with Gasteiger partial charge in [-0.3, -0.25) is 9.48 Å². The third-order valence-electron chi connectivity index (χ3n) is 3.08. The molecule has 0 saturated carbocycles. The first-order valence-corrected chi connectivity index (χ1v) is 6.56. The molecule has 1 heterocycles. The Morgan fingerprint density at radius 2 is 2.25 bits per heavy atom. The van der Waals surface area contributed by atoms with Crippen LogP contribution in [-0.4, -0.2) is 23.2 Å². The van der Waals surface area contributed by atoms with E-state index in [1.165, 1.54) is 13.2 Å². The summed E-state index contributed by atoms with van der Waals surface area (Å²) in [6, 6.07) is 4.46. The molecule has 0 aliphatic heterocycles. The lowest BCUT2D eigenvalue weighted by atomic mass is 10.1. The first-order chi connectivity index (χ1) is 9.69. The predicted octanol–water partition coefficient (Wildman–Crippen LogP) is 3.31. The number of carbonyl (C=O) groups is 1. The van der Waals surface area contributed by atoms with Crippen molar-refractivity contribution in [1.82, 2.24) is 9.78 Å². The van der Waals surface area contributed by atoms with Crippen molar-refractivity contribution in [1.29, 1.82) is 0 Å². The summed E-state index contributed by atoms with van der Waals surface area (Å²) in [6.45, 7) is 2.85. The lowest BCUT2D eigenvalue weighted by Gasteiger charge is -2.04. The standard InChI is InChI=1S/C15H17FN2O2/c1-3-4-7-18-9-12(10-19)15(17-18)11-5-6-13(16)14(8-11)20-2/h5-6,8-10H,3-4,7H2,1-2H3. The number of benzene rings is 1. The molecular formula is C15H17FN2O2. The zero-order chi connectivity index (χ0) is 14.5. The van der Waals surface area contributed by atoms with Crippen LogP contribution in [0.4, 0.5) is 4.39 Å². The van der Waals surface area contributed by atoms with Crippen molar-refractivity contribution in [2.24, 2.45) is 0 Å². The summed E-state index contributed by atoms with van der Waals surface area (Å²) in [5.74, 6) is -0.295. The van der Waals surface area contributed by atoms with Gasteiger partial charge in [0.25, 0.3) is 0 Å². The highest BCUT2D eigenvalue weighted by Gasteiger charge is 2.13. The molecule has 0 saturated heterocycles. The van der Waals surface area contributed by atoms with Gasteiger partial charge in [0.2, 0.25) is 0 Å². The number of nitrogens with zero attached hydrogens (tertiary/aromatic N) is 2. The van der Waals surface area contributed by atoms with Crippen LogP contribution in [-0.2, 0) is 6.54 Å². The van der Waals surface area contributed by atoms with Crippen molar-refractivity contribution < 1.29 is 13.9 Å². The third kappa shape index (κ3) is 2.87. The fourth-order valence-corrected chi connectivity index (χ4v) is 1.99. The Morgan fingerprint density at radius 1 is 1.45 bits per heavy atom. The average Bonchev–Trinajstić information content (AvgIpc) is 2.89. The lowest BCUT2D eigenvalue weighted by Crippen LogP contribution is -1.98. The highest BCUT2D eigenvalue weighted by Crippen LogP contribution is 2.27. The van der Waals surface area contributed by atoms with Gasteiger partial charge in [-0.2, -0.15) is 5.10 Å². The monoisotopic (exact) mass is 276 g/mol. The summed E-state index contributed by atoms with van der Waals surface area (Å²) in [5, 5.41) is 4.40. The number of carbonyl (C=O) groups excluding carboxylic acids is 1. The van der Waals surface area contributed by atoms with E-state index in [1.807, 2.05) is 0 Å². The maximum absolute atomic E-state index is 13.4. The van der Waals surface area contributed by atoms with Crippen LogP contribution in [0.15, 0.2) is 24.4 Å². The number of rotatable bonds is 6. The van der Waals surface area contributed by atoms with Crippen LogP contribution in [0.3, 0.4) is 0 Å². The van der Waals surface area contributed by atoms with Crippen LogP contribution < -0.4 is 4.74 Å². The zero-order valence-electron chi connectivity index (χ0n) is 11.6. The molecule has 106 valence electrons. The van der Waals surface area contributed by atoms with E-state index in [0.29, 0.717) is 16.8 Å². The molecule has 2 aromatic rings. The van der Waals surface area contributed by atoms with Crippen molar-refractivity contribution in [3.8, 4) is 17.0 Å². The number of halogens is 1. The van der Waals surface area contributed by atoms with Gasteiger partial charge in [0.1, 0.15) is 5.69 Å². The van der Waals surface area contributed by atoms with Crippen LogP contribution in [0.1, 0.15) is 30.1 Å². The van der Waals surface area contributed by atoms with E-state index >= 15 is 0 Å². The van der Waals surface area contributed by atoms with Crippen LogP contribution in [0.5, 0.6) is 5.75 Å². The molecule has 0 bridgehead atoms. The molecule has 0 amide bonds. The Kier molecular flexibility index (Phi) is 4.50. The molecule has 0 unspecified atom stereocenters. The largest absolute Gasteiger partial charge is 0.494 e. The van der Waals surface area contributed by atoms with Gasteiger partial charge in [0, 0.05) is 18.3 Å². The van der Waals surface area contributed by atoms with Crippen molar-refractivity contribution >= 4 is 6.29 Å². The van der Waals surface area contributed by atoms with Gasteiger partial charge < -0.3 is 4.74 Å². The Hall–Kier alpha value is -2.17. The fourth-order valence-electron chi connectivity index (χ4n) is 1.99. The first-order valence-electron chi connectivity index (χ1n) is 6.56. The highest BCUT2D eigenvalue weighted by atomic mass is 19.1. The minimum atomic E-state index is -0.436. The Labute approximate surface area is 117 Å². The molecule has 20 heavy (non-hydrogen) atoms. The van der Waals surface area contributed by atoms with Gasteiger partial charge in [0.05, 0.1) is 12.7 Å². The molecule has 0 spiro atoms. The molecule has 0 aliphatic rings. The van der Waals surface area contributed by atoms with Gasteiger partial charge in [-0.15, -0.1) is 0 Å². The fraction of sp³-hybridized carbons (Fsp3) is 0.333. The normalized spacial score (nSPS) is 10.6. The number of unbranched alkanes of at least 4 members (excludes halogenated alkanes) is 1. The highest BCUT2D eigenvalue weighted by molar-refractivity contribution is 5.85. The van der Waals surface area contributed by atoms with Crippen molar-refractivity contribution in [3.05, 3.63) is 35.8 Å². The summed E-state index contributed by atoms with van der Waals surface area (Å²) in [5.41, 5.74) is 1.71. The second kappa shape index (κ2) is 6.32. The van der Waals surface area contributed by atoms with E-state index in [2.05, 4.69) is 12.0 Å². The van der Waals surface area contributed by atoms with E-state index in [4.69, 9.17) is 4.74 Å². The molecule has 5 heteroatoms. The molecule has 0 aliphatic carbocycles. The summed E-state index contributed by atoms with van der Waals surface area (Å²) >= 11 is 0. The number of aldehydes is 1. The minimum absolute atomic E-state index is 0.141. The van der Waals surface area contributed by atoms with Crippen LogP contribution in [0, 0.1) is 5.82 Å². The maximum atomic E-state index is 13.4. The third-order valence-corrected chi connectivity index (χ3v) is 3.08. The molecule has 0 radical (unpaired) electrons. The Morgan fingerprint density at radius 3 is 2.90 bits per heavy atom. The van der Waals surface area contributed by atoms with Gasteiger partial charge >= 0.3 is 0 Å². The smallest absolute Gasteiger partial charge is 0.165 e. The topological polar surface area (TPSA) is 44.1 Å². The average molecular weight is 276 g/mol. The van der Waals surface area contributed by atoms with Crippen molar-refractivity contribution in [3.63, 3.8) is 0 Å². The molecule has 1 aromatic heterocycles. The SMILES string of the molecule is CCCCn1cc(C=O)c(-c2ccc(F)c(OC)c2)n1. The van der Waals surface area contributed by atoms with E-state index in [9.17, 15) is 9.18 Å². The lowest BCUT2D eigenvalue weighted by molar-refractivity contribution is 0.112. The van der Waals surface area contributed by atoms with Crippen molar-refractivity contribution in [2.75, 3.05) is 7.11 Å².